The molecule has 0 spiro atoms. The maximum absolute atomic E-state index is 15.7. The van der Waals surface area contributed by atoms with Gasteiger partial charge in [0.1, 0.15) is 0 Å². The fraction of sp³-hybridized carbons (Fsp3) is 0.193. The average molecular weight is 965 g/mol. The van der Waals surface area contributed by atoms with Gasteiger partial charge in [0.25, 0.3) is 23.6 Å². The van der Waals surface area contributed by atoms with Crippen molar-refractivity contribution in [2.24, 2.45) is 0 Å². The van der Waals surface area contributed by atoms with Crippen LogP contribution in [0.3, 0.4) is 0 Å². The summed E-state index contributed by atoms with van der Waals surface area (Å²) in [6, 6.07) is 38.8. The Morgan fingerprint density at radius 1 is 0.408 bits per heavy atom. The molecule has 0 bridgehead atoms. The van der Waals surface area contributed by atoms with Crippen molar-refractivity contribution < 1.29 is 45.5 Å². The summed E-state index contributed by atoms with van der Waals surface area (Å²) < 4.78 is 94.1. The molecular weight excluding hydrogens is 919 g/mol. The van der Waals surface area contributed by atoms with Gasteiger partial charge in [-0.3, -0.25) is 19.2 Å². The van der Waals surface area contributed by atoms with E-state index in [-0.39, 0.29) is 11.4 Å². The van der Waals surface area contributed by atoms with Crippen molar-refractivity contribution in [3.8, 4) is 0 Å². The van der Waals surface area contributed by atoms with Crippen molar-refractivity contribution >= 4 is 46.4 Å². The largest absolute Gasteiger partial charge is 0.411 e. The molecule has 7 aromatic carbocycles. The summed E-state index contributed by atoms with van der Waals surface area (Å²) in [4.78, 5) is 61.3. The van der Waals surface area contributed by atoms with Gasteiger partial charge in [0.15, 0.2) is 0 Å². The lowest BCUT2D eigenvalue weighted by Gasteiger charge is -2.39. The molecule has 1 unspecified atom stereocenters. The fourth-order valence-electron chi connectivity index (χ4n) is 10.5. The van der Waals surface area contributed by atoms with Gasteiger partial charge in [-0.2, -0.15) is 26.3 Å². The highest BCUT2D eigenvalue weighted by Crippen LogP contribution is 2.57. The lowest BCUT2D eigenvalue weighted by molar-refractivity contribution is -0.288. The van der Waals surface area contributed by atoms with Gasteiger partial charge in [-0.05, 0) is 132 Å². The maximum atomic E-state index is 15.7. The third-order valence-corrected chi connectivity index (χ3v) is 13.9. The number of amides is 4. The summed E-state index contributed by atoms with van der Waals surface area (Å²) in [6.45, 7) is 5.72. The number of benzene rings is 7. The molecule has 2 aliphatic heterocycles. The molecule has 9 rings (SSSR count). The van der Waals surface area contributed by atoms with E-state index in [0.29, 0.717) is 40.4 Å². The number of carbonyl (C=O) groups excluding carboxylic acids is 4. The van der Waals surface area contributed by atoms with E-state index in [9.17, 15) is 19.2 Å². The molecule has 4 amide bonds. The number of anilines is 4. The molecule has 0 saturated heterocycles. The zero-order valence-electron chi connectivity index (χ0n) is 39.6. The number of carbonyl (C=O) groups is 4. The van der Waals surface area contributed by atoms with Crippen LogP contribution in [0, 0.1) is 20.8 Å². The summed E-state index contributed by atoms with van der Waals surface area (Å²) >= 11 is 0. The van der Waals surface area contributed by atoms with Crippen molar-refractivity contribution in [2.75, 3.05) is 47.8 Å². The van der Waals surface area contributed by atoms with Crippen molar-refractivity contribution in [3.05, 3.63) is 224 Å². The number of fused-ring (bicyclic) bond motifs is 2. The second-order valence-corrected chi connectivity index (χ2v) is 18.4. The minimum absolute atomic E-state index is 0.0595. The van der Waals surface area contributed by atoms with E-state index in [0.717, 1.165) is 56.1 Å². The van der Waals surface area contributed by atoms with Crippen LogP contribution >= 0.6 is 0 Å². The van der Waals surface area contributed by atoms with Gasteiger partial charge in [0.2, 0.25) is 5.41 Å². The molecule has 0 aliphatic carbocycles. The molecule has 0 N–H and O–H groups in total. The van der Waals surface area contributed by atoms with Crippen molar-refractivity contribution in [2.45, 2.75) is 44.0 Å². The molecule has 2 heterocycles. The van der Waals surface area contributed by atoms with Gasteiger partial charge in [-0.25, -0.2) is 9.80 Å². The van der Waals surface area contributed by atoms with Gasteiger partial charge in [0.05, 0.1) is 39.0 Å². The second-order valence-electron chi connectivity index (χ2n) is 18.4. The molecule has 71 heavy (non-hydrogen) atoms. The van der Waals surface area contributed by atoms with Crippen LogP contribution in [0.5, 0.6) is 0 Å². The van der Waals surface area contributed by atoms with Crippen LogP contribution in [0.15, 0.2) is 152 Å². The molecular formula is C57H46F6N4O4. The predicted molar refractivity (Wildman–Crippen MR) is 262 cm³/mol. The first kappa shape index (κ1) is 48.0. The smallest absolute Gasteiger partial charge is 0.378 e. The summed E-state index contributed by atoms with van der Waals surface area (Å²) in [5, 5.41) is 0. The number of nitrogens with zero attached hydrogens (tertiary/aromatic N) is 4. The fourth-order valence-corrected chi connectivity index (χ4v) is 10.5. The molecule has 0 radical (unpaired) electrons. The molecule has 0 fully saturated rings. The second kappa shape index (κ2) is 17.1. The third kappa shape index (κ3) is 7.29. The minimum atomic E-state index is -6.13. The predicted octanol–water partition coefficient (Wildman–Crippen LogP) is 12.1. The van der Waals surface area contributed by atoms with Gasteiger partial charge < -0.3 is 9.80 Å². The number of halogens is 6. The number of imide groups is 2. The van der Waals surface area contributed by atoms with E-state index < -0.39 is 80.2 Å². The Labute approximate surface area is 406 Å². The molecule has 8 nitrogen and oxygen atoms in total. The summed E-state index contributed by atoms with van der Waals surface area (Å²) in [7, 11) is 7.43. The number of alkyl halides is 6. The minimum Gasteiger partial charge on any atom is -0.378 e. The molecule has 0 aromatic heterocycles. The van der Waals surface area contributed by atoms with Crippen molar-refractivity contribution in [1.82, 2.24) is 0 Å². The summed E-state index contributed by atoms with van der Waals surface area (Å²) in [5.74, 6) is -4.12. The van der Waals surface area contributed by atoms with E-state index in [2.05, 4.69) is 12.1 Å². The lowest BCUT2D eigenvalue weighted by Crippen LogP contribution is -2.55. The van der Waals surface area contributed by atoms with E-state index in [1.165, 1.54) is 12.1 Å². The van der Waals surface area contributed by atoms with E-state index in [1.807, 2.05) is 99.6 Å². The Bertz CT molecular complexity index is 3310. The van der Waals surface area contributed by atoms with Gasteiger partial charge in [-0.15, -0.1) is 0 Å². The highest BCUT2D eigenvalue weighted by Gasteiger charge is 2.73. The highest BCUT2D eigenvalue weighted by molar-refractivity contribution is 6.35. The van der Waals surface area contributed by atoms with Gasteiger partial charge in [0, 0.05) is 39.6 Å². The molecule has 360 valence electrons. The summed E-state index contributed by atoms with van der Waals surface area (Å²) in [6.07, 6.45) is -12.3. The first-order valence-corrected chi connectivity index (χ1v) is 22.5. The molecule has 7 aromatic rings. The van der Waals surface area contributed by atoms with E-state index >= 15 is 26.3 Å². The number of hydrogen-bond acceptors (Lipinski definition) is 6. The average Bonchev–Trinajstić information content (AvgIpc) is 3.72. The molecule has 14 heteroatoms. The van der Waals surface area contributed by atoms with Crippen LogP contribution in [0.25, 0.3) is 0 Å². The van der Waals surface area contributed by atoms with Crippen molar-refractivity contribution in [3.63, 3.8) is 0 Å². The van der Waals surface area contributed by atoms with Crippen LogP contribution in [-0.2, 0) is 10.8 Å². The Balaban J connectivity index is 1.15. The number of aryl methyl sites for hydroxylation is 3. The van der Waals surface area contributed by atoms with Crippen LogP contribution in [-0.4, -0.2) is 64.2 Å². The van der Waals surface area contributed by atoms with E-state index in [1.54, 1.807) is 50.2 Å². The van der Waals surface area contributed by atoms with E-state index in [4.69, 9.17) is 0 Å². The Kier molecular flexibility index (Phi) is 11.6. The monoisotopic (exact) mass is 964 g/mol. The molecule has 1 atom stereocenters. The first-order chi connectivity index (χ1) is 33.5. The van der Waals surface area contributed by atoms with Crippen molar-refractivity contribution in [1.29, 1.82) is 0 Å². The zero-order valence-corrected chi connectivity index (χ0v) is 39.6. The zero-order chi connectivity index (χ0) is 51.1. The Morgan fingerprint density at radius 3 is 1.39 bits per heavy atom. The van der Waals surface area contributed by atoms with Crippen LogP contribution in [0.4, 0.5) is 49.1 Å². The number of hydrogen-bond donors (Lipinski definition) is 0. The highest BCUT2D eigenvalue weighted by atomic mass is 19.4. The molecule has 2 aliphatic rings. The lowest BCUT2D eigenvalue weighted by atomic mass is 9.63. The first-order valence-electron chi connectivity index (χ1n) is 22.5. The summed E-state index contributed by atoms with van der Waals surface area (Å²) in [5.41, 5.74) is -2.96. The van der Waals surface area contributed by atoms with Crippen LogP contribution in [0.1, 0.15) is 91.5 Å². The SMILES string of the molecule is Cc1cc(C(c2ccccc2)(c2ccc(N3C(=O)c4ccc(C(c5ccc6c(c5)C(=O)N(c5ccc(N(C)C)cc5)C6=O)(C(F)(F)F)C(F)(F)F)cc4C3=O)c(C)c2)c2ccccc2C)ccc1N(C)C. The normalized spacial score (nSPS) is 14.7. The third-order valence-electron chi connectivity index (χ3n) is 13.9. The quantitative estimate of drug-likeness (QED) is 0.0772. The van der Waals surface area contributed by atoms with Crippen LogP contribution in [0.2, 0.25) is 0 Å². The Hall–Kier alpha value is -8.00. The van der Waals surface area contributed by atoms with Crippen LogP contribution < -0.4 is 19.6 Å². The molecule has 0 saturated carbocycles. The maximum Gasteiger partial charge on any atom is 0.411 e. The topological polar surface area (TPSA) is 81.2 Å². The number of rotatable bonds is 10. The standard InChI is InChI=1S/C57H46F6N4O4/c1-33-13-11-12-16-47(33)54(36-14-9-8-10-15-36,37-19-27-48(65(6)7)34(2)29-37)38-20-28-49(35(3)30-38)67-51(69)44-26-18-40(32-46(44)53(67)71)55(56(58,59)60,57(61,62)63)39-17-25-43-45(31-39)52(70)66(50(43)68)42-23-21-41(22-24-42)64(4)5/h8-32H,1-7H3. The van der Waals surface area contributed by atoms with Gasteiger partial charge >= 0.3 is 12.4 Å². The van der Waals surface area contributed by atoms with Gasteiger partial charge in [-0.1, -0.05) is 91.0 Å². The Morgan fingerprint density at radius 2 is 0.887 bits per heavy atom.